The van der Waals surface area contributed by atoms with E-state index in [9.17, 15) is 14.5 Å². The van der Waals surface area contributed by atoms with Gasteiger partial charge in [-0.1, -0.05) is 24.3 Å². The van der Waals surface area contributed by atoms with E-state index in [2.05, 4.69) is 0 Å². The molecule has 0 aliphatic heterocycles. The number of non-ortho nitro benzene ring substituents is 1. The van der Waals surface area contributed by atoms with Crippen LogP contribution in [0, 0.1) is 15.9 Å². The van der Waals surface area contributed by atoms with E-state index in [1.807, 2.05) is 35.2 Å². The van der Waals surface area contributed by atoms with Gasteiger partial charge in [0, 0.05) is 36.6 Å². The topological polar surface area (TPSA) is 72.4 Å². The third-order valence-corrected chi connectivity index (χ3v) is 4.01. The second kappa shape index (κ2) is 7.65. The summed E-state index contributed by atoms with van der Waals surface area (Å²) in [6, 6.07) is 20.2. The molecule has 0 saturated carbocycles. The van der Waals surface area contributed by atoms with Crippen molar-refractivity contribution in [3.63, 3.8) is 0 Å². The largest absolute Gasteiger partial charge is 0.399 e. The maximum absolute atomic E-state index is 13.3. The highest BCUT2D eigenvalue weighted by atomic mass is 19.1. The van der Waals surface area contributed by atoms with Gasteiger partial charge in [-0.3, -0.25) is 10.1 Å². The smallest absolute Gasteiger partial charge is 0.269 e. The highest BCUT2D eigenvalue weighted by Gasteiger charge is 2.12. The zero-order chi connectivity index (χ0) is 18.5. The monoisotopic (exact) mass is 351 g/mol. The molecule has 0 spiro atoms. The molecule has 0 atom stereocenters. The average molecular weight is 351 g/mol. The molecule has 132 valence electrons. The lowest BCUT2D eigenvalue weighted by Gasteiger charge is -2.25. The average Bonchev–Trinajstić information content (AvgIpc) is 2.62. The van der Waals surface area contributed by atoms with Crippen LogP contribution in [0.4, 0.5) is 21.5 Å². The first-order valence-electron chi connectivity index (χ1n) is 8.09. The zero-order valence-electron chi connectivity index (χ0n) is 14.0. The molecule has 0 saturated heterocycles. The minimum atomic E-state index is -0.413. The number of anilines is 2. The Balaban J connectivity index is 1.91. The van der Waals surface area contributed by atoms with Gasteiger partial charge in [0.1, 0.15) is 5.82 Å². The van der Waals surface area contributed by atoms with Crippen LogP contribution in [0.5, 0.6) is 0 Å². The molecular formula is C20H18FN3O2. The number of nitro groups is 1. The van der Waals surface area contributed by atoms with E-state index in [4.69, 9.17) is 5.73 Å². The summed E-state index contributed by atoms with van der Waals surface area (Å²) >= 11 is 0. The number of halogens is 1. The van der Waals surface area contributed by atoms with Crippen LogP contribution in [0.3, 0.4) is 0 Å². The first kappa shape index (κ1) is 17.4. The Hall–Kier alpha value is -3.41. The predicted octanol–water partition coefficient (Wildman–Crippen LogP) is 4.52. The van der Waals surface area contributed by atoms with Crippen LogP contribution >= 0.6 is 0 Å². The molecule has 3 aromatic rings. The third-order valence-electron chi connectivity index (χ3n) is 4.01. The SMILES string of the molecule is Nc1cccc(CN(Cc2cccc([N+](=O)[O-])c2)c2ccc(F)cc2)c1. The number of hydrogen-bond acceptors (Lipinski definition) is 4. The van der Waals surface area contributed by atoms with Gasteiger partial charge in [-0.15, -0.1) is 0 Å². The van der Waals surface area contributed by atoms with Crippen molar-refractivity contribution in [2.75, 3.05) is 10.6 Å². The summed E-state index contributed by atoms with van der Waals surface area (Å²) in [6.45, 7) is 0.988. The number of benzene rings is 3. The van der Waals surface area contributed by atoms with Gasteiger partial charge in [-0.05, 0) is 47.5 Å². The second-order valence-corrected chi connectivity index (χ2v) is 6.00. The molecule has 3 aromatic carbocycles. The van der Waals surface area contributed by atoms with Gasteiger partial charge in [0.15, 0.2) is 0 Å². The van der Waals surface area contributed by atoms with Crippen LogP contribution in [0.15, 0.2) is 72.8 Å². The van der Waals surface area contributed by atoms with Gasteiger partial charge in [0.2, 0.25) is 0 Å². The summed E-state index contributed by atoms with van der Waals surface area (Å²) in [7, 11) is 0. The minimum absolute atomic E-state index is 0.0468. The Labute approximate surface area is 150 Å². The first-order valence-corrected chi connectivity index (χ1v) is 8.09. The van der Waals surface area contributed by atoms with E-state index >= 15 is 0 Å². The molecule has 6 heteroatoms. The molecule has 0 fully saturated rings. The fraction of sp³-hybridized carbons (Fsp3) is 0.100. The molecule has 26 heavy (non-hydrogen) atoms. The quantitative estimate of drug-likeness (QED) is 0.402. The number of nitrogens with zero attached hydrogens (tertiary/aromatic N) is 2. The van der Waals surface area contributed by atoms with Crippen molar-refractivity contribution < 1.29 is 9.31 Å². The summed E-state index contributed by atoms with van der Waals surface area (Å²) in [5.41, 5.74) is 9.18. The lowest BCUT2D eigenvalue weighted by atomic mass is 10.1. The van der Waals surface area contributed by atoms with E-state index in [-0.39, 0.29) is 11.5 Å². The normalized spacial score (nSPS) is 10.5. The van der Waals surface area contributed by atoms with Crippen molar-refractivity contribution in [3.05, 3.63) is 99.9 Å². The Kier molecular flexibility index (Phi) is 5.12. The Morgan fingerprint density at radius 2 is 1.54 bits per heavy atom. The van der Waals surface area contributed by atoms with E-state index in [1.54, 1.807) is 24.3 Å². The fourth-order valence-corrected chi connectivity index (χ4v) is 2.79. The van der Waals surface area contributed by atoms with Crippen molar-refractivity contribution in [3.8, 4) is 0 Å². The lowest BCUT2D eigenvalue weighted by molar-refractivity contribution is -0.384. The van der Waals surface area contributed by atoms with Crippen LogP contribution < -0.4 is 10.6 Å². The number of hydrogen-bond donors (Lipinski definition) is 1. The fourth-order valence-electron chi connectivity index (χ4n) is 2.79. The van der Waals surface area contributed by atoms with Gasteiger partial charge in [-0.2, -0.15) is 0 Å². The van der Waals surface area contributed by atoms with Gasteiger partial charge in [-0.25, -0.2) is 4.39 Å². The summed E-state index contributed by atoms with van der Waals surface area (Å²) < 4.78 is 13.3. The van der Waals surface area contributed by atoms with Crippen molar-refractivity contribution in [1.29, 1.82) is 0 Å². The molecule has 0 heterocycles. The molecule has 0 radical (unpaired) electrons. The van der Waals surface area contributed by atoms with E-state index in [1.165, 1.54) is 18.2 Å². The summed E-state index contributed by atoms with van der Waals surface area (Å²) in [6.07, 6.45) is 0. The standard InChI is InChI=1S/C20H18FN3O2/c21-17-7-9-19(10-8-17)23(13-15-3-1-5-18(22)11-15)14-16-4-2-6-20(12-16)24(25)26/h1-12H,13-14,22H2. The third kappa shape index (κ3) is 4.36. The number of nitrogen functional groups attached to an aromatic ring is 1. The van der Waals surface area contributed by atoms with Crippen molar-refractivity contribution in [1.82, 2.24) is 0 Å². The van der Waals surface area contributed by atoms with Gasteiger partial charge >= 0.3 is 0 Å². The molecule has 0 unspecified atom stereocenters. The molecule has 0 aromatic heterocycles. The maximum Gasteiger partial charge on any atom is 0.269 e. The van der Waals surface area contributed by atoms with Crippen LogP contribution in [0.25, 0.3) is 0 Å². The maximum atomic E-state index is 13.3. The molecule has 3 rings (SSSR count). The summed E-state index contributed by atoms with van der Waals surface area (Å²) in [5.74, 6) is -0.312. The van der Waals surface area contributed by atoms with Crippen LogP contribution in [0.1, 0.15) is 11.1 Å². The second-order valence-electron chi connectivity index (χ2n) is 6.00. The zero-order valence-corrected chi connectivity index (χ0v) is 14.0. The Morgan fingerprint density at radius 3 is 2.15 bits per heavy atom. The van der Waals surface area contributed by atoms with Crippen molar-refractivity contribution in [2.45, 2.75) is 13.1 Å². The molecule has 0 aliphatic rings. The van der Waals surface area contributed by atoms with Crippen LogP contribution in [-0.2, 0) is 13.1 Å². The molecule has 0 aliphatic carbocycles. The highest BCUT2D eigenvalue weighted by Crippen LogP contribution is 2.23. The van der Waals surface area contributed by atoms with Crippen LogP contribution in [-0.4, -0.2) is 4.92 Å². The molecule has 0 bridgehead atoms. The van der Waals surface area contributed by atoms with E-state index < -0.39 is 4.92 Å². The van der Waals surface area contributed by atoms with Gasteiger partial charge in [0.05, 0.1) is 4.92 Å². The number of nitro benzene ring substituents is 1. The van der Waals surface area contributed by atoms with Crippen molar-refractivity contribution >= 4 is 17.1 Å². The van der Waals surface area contributed by atoms with E-state index in [0.29, 0.717) is 18.8 Å². The number of rotatable bonds is 6. The van der Waals surface area contributed by atoms with Gasteiger partial charge in [0.25, 0.3) is 5.69 Å². The minimum Gasteiger partial charge on any atom is -0.399 e. The molecular weight excluding hydrogens is 333 g/mol. The Morgan fingerprint density at radius 1 is 0.923 bits per heavy atom. The first-order chi connectivity index (χ1) is 12.5. The summed E-state index contributed by atoms with van der Waals surface area (Å²) in [4.78, 5) is 12.6. The lowest BCUT2D eigenvalue weighted by Crippen LogP contribution is -2.22. The number of nitrogens with two attached hydrogens (primary N) is 1. The van der Waals surface area contributed by atoms with Crippen LogP contribution in [0.2, 0.25) is 0 Å². The molecule has 5 nitrogen and oxygen atoms in total. The summed E-state index contributed by atoms with van der Waals surface area (Å²) in [5, 5.41) is 11.0. The molecule has 0 amide bonds. The predicted molar refractivity (Wildman–Crippen MR) is 100 cm³/mol. The van der Waals surface area contributed by atoms with Crippen molar-refractivity contribution in [2.24, 2.45) is 0 Å². The van der Waals surface area contributed by atoms with Gasteiger partial charge < -0.3 is 10.6 Å². The molecule has 2 N–H and O–H groups in total. The highest BCUT2D eigenvalue weighted by molar-refractivity contribution is 5.50. The Bertz CT molecular complexity index is 913. The van der Waals surface area contributed by atoms with E-state index in [0.717, 1.165) is 16.8 Å².